The maximum absolute atomic E-state index is 15.1. The number of rotatable bonds is 2. The first-order chi connectivity index (χ1) is 12.1. The summed E-state index contributed by atoms with van der Waals surface area (Å²) in [7, 11) is 1.37. The number of halogens is 3. The maximum atomic E-state index is 15.1. The number of hydrogen-bond donors (Lipinski definition) is 0. The molecule has 6 unspecified atom stereocenters. The first kappa shape index (κ1) is 18.3. The minimum absolute atomic E-state index is 0.137. The monoisotopic (exact) mass is 374 g/mol. The van der Waals surface area contributed by atoms with Crippen LogP contribution in [0.25, 0.3) is 0 Å². The second kappa shape index (κ2) is 5.47. The number of carbonyl (C=O) groups is 1. The van der Waals surface area contributed by atoms with Gasteiger partial charge >= 0.3 is 11.9 Å². The second-order valence-electron chi connectivity index (χ2n) is 8.60. The predicted octanol–water partition coefficient (Wildman–Crippen LogP) is 3.44. The Morgan fingerprint density at radius 3 is 2.58 bits per heavy atom. The van der Waals surface area contributed by atoms with Crippen molar-refractivity contribution in [2.45, 2.75) is 62.8 Å². The molecule has 0 aromatic rings. The van der Waals surface area contributed by atoms with Crippen LogP contribution >= 0.6 is 0 Å². The van der Waals surface area contributed by atoms with Gasteiger partial charge in [-0.3, -0.25) is 4.79 Å². The fourth-order valence-corrected chi connectivity index (χ4v) is 6.01. The van der Waals surface area contributed by atoms with Gasteiger partial charge in [-0.1, -0.05) is 6.58 Å². The summed E-state index contributed by atoms with van der Waals surface area (Å²) < 4.78 is 60.8. The molecule has 3 aliphatic carbocycles. The summed E-state index contributed by atoms with van der Waals surface area (Å²) in [6.45, 7) is 3.58. The van der Waals surface area contributed by atoms with E-state index in [1.165, 1.54) is 14.0 Å². The fraction of sp³-hybridized carbons (Fsp3) is 0.842. The maximum Gasteiger partial charge on any atom is 0.311 e. The number of ether oxygens (including phenoxy) is 3. The SMILES string of the molecule is C=C(C)C1(F)CCOC2CC3(C(=O)OC)CC4CC(OCC1(F)F)C42C3. The summed E-state index contributed by atoms with van der Waals surface area (Å²) in [5.41, 5.74) is -4.14. The van der Waals surface area contributed by atoms with Crippen LogP contribution in [0.4, 0.5) is 13.2 Å². The molecule has 6 atom stereocenters. The minimum atomic E-state index is -3.67. The lowest BCUT2D eigenvalue weighted by Gasteiger charge is -2.56. The van der Waals surface area contributed by atoms with E-state index in [0.29, 0.717) is 25.7 Å². The van der Waals surface area contributed by atoms with Crippen LogP contribution in [0.3, 0.4) is 0 Å². The molecule has 2 bridgehead atoms. The number of fused-ring (bicyclic) bond motifs is 1. The first-order valence-electron chi connectivity index (χ1n) is 9.16. The molecule has 4 aliphatic rings. The van der Waals surface area contributed by atoms with Gasteiger partial charge in [-0.15, -0.1) is 0 Å². The van der Waals surface area contributed by atoms with E-state index >= 15 is 4.39 Å². The molecule has 4 nitrogen and oxygen atoms in total. The van der Waals surface area contributed by atoms with Crippen molar-refractivity contribution in [3.8, 4) is 0 Å². The summed E-state index contributed by atoms with van der Waals surface area (Å²) in [5.74, 6) is -3.74. The molecule has 26 heavy (non-hydrogen) atoms. The molecule has 1 heterocycles. The molecule has 4 rings (SSSR count). The summed E-state index contributed by atoms with van der Waals surface area (Å²) in [4.78, 5) is 12.4. The number of hydrogen-bond acceptors (Lipinski definition) is 4. The van der Waals surface area contributed by atoms with Gasteiger partial charge in [-0.2, -0.15) is 0 Å². The fourth-order valence-electron chi connectivity index (χ4n) is 6.01. The molecule has 0 aromatic heterocycles. The van der Waals surface area contributed by atoms with Crippen LogP contribution in [0.5, 0.6) is 0 Å². The standard InChI is InChI=1S/C19H25F3O4/c1-11(2)18(20)4-5-25-14-8-16(15(23)24-3)7-12-6-13(17(12,14)9-16)26-10-19(18,21)22/h12-14H,1,4-10H2,2-3H3. The highest BCUT2D eigenvalue weighted by molar-refractivity contribution is 5.78. The zero-order chi connectivity index (χ0) is 19.0. The molecule has 0 aromatic carbocycles. The number of allylic oxidation sites excluding steroid dienone is 1. The number of alkyl halides is 3. The highest BCUT2D eigenvalue weighted by atomic mass is 19.3. The molecule has 1 spiro atoms. The van der Waals surface area contributed by atoms with Gasteiger partial charge in [0.05, 0.1) is 31.3 Å². The average Bonchev–Trinajstić information content (AvgIpc) is 3.05. The van der Waals surface area contributed by atoms with Crippen molar-refractivity contribution in [2.75, 3.05) is 20.3 Å². The smallest absolute Gasteiger partial charge is 0.311 e. The zero-order valence-electron chi connectivity index (χ0n) is 15.2. The Kier molecular flexibility index (Phi) is 3.85. The van der Waals surface area contributed by atoms with Crippen LogP contribution in [0.15, 0.2) is 12.2 Å². The van der Waals surface area contributed by atoms with E-state index < -0.39 is 41.6 Å². The van der Waals surface area contributed by atoms with Crippen LogP contribution in [0.2, 0.25) is 0 Å². The Hall–Kier alpha value is -1.08. The van der Waals surface area contributed by atoms with E-state index in [4.69, 9.17) is 14.2 Å². The number of esters is 1. The van der Waals surface area contributed by atoms with E-state index in [2.05, 4.69) is 6.58 Å². The minimum Gasteiger partial charge on any atom is -0.469 e. The van der Waals surface area contributed by atoms with Gasteiger partial charge in [0, 0.05) is 11.8 Å². The summed E-state index contributed by atoms with van der Waals surface area (Å²) >= 11 is 0. The lowest BCUT2D eigenvalue weighted by atomic mass is 9.56. The molecule has 1 aliphatic heterocycles. The van der Waals surface area contributed by atoms with Crippen molar-refractivity contribution in [1.82, 2.24) is 0 Å². The molecule has 7 heteroatoms. The van der Waals surface area contributed by atoms with E-state index in [9.17, 15) is 13.6 Å². The van der Waals surface area contributed by atoms with E-state index in [1.807, 2.05) is 0 Å². The third-order valence-corrected chi connectivity index (χ3v) is 7.42. The van der Waals surface area contributed by atoms with Crippen molar-refractivity contribution in [2.24, 2.45) is 16.7 Å². The summed E-state index contributed by atoms with van der Waals surface area (Å²) in [6, 6.07) is 0. The highest BCUT2D eigenvalue weighted by Gasteiger charge is 2.76. The van der Waals surface area contributed by atoms with Crippen molar-refractivity contribution >= 4 is 5.97 Å². The normalized spacial score (nSPS) is 49.0. The van der Waals surface area contributed by atoms with Crippen molar-refractivity contribution in [3.63, 3.8) is 0 Å². The first-order valence-corrected chi connectivity index (χ1v) is 9.16. The Morgan fingerprint density at radius 1 is 1.19 bits per heavy atom. The molecule has 3 saturated carbocycles. The van der Waals surface area contributed by atoms with Gasteiger partial charge < -0.3 is 14.2 Å². The van der Waals surface area contributed by atoms with Crippen LogP contribution in [0, 0.1) is 16.7 Å². The molecule has 1 saturated heterocycles. The third-order valence-electron chi connectivity index (χ3n) is 7.42. The van der Waals surface area contributed by atoms with Gasteiger partial charge in [-0.25, -0.2) is 13.2 Å². The molecule has 146 valence electrons. The molecule has 0 radical (unpaired) electrons. The lowest BCUT2D eigenvalue weighted by Crippen LogP contribution is -2.61. The molecular formula is C19H25F3O4. The van der Waals surface area contributed by atoms with Crippen molar-refractivity contribution in [3.05, 3.63) is 12.2 Å². The van der Waals surface area contributed by atoms with E-state index in [0.717, 1.165) is 0 Å². The number of carbonyl (C=O) groups excluding carboxylic acids is 1. The largest absolute Gasteiger partial charge is 0.469 e. The summed E-state index contributed by atoms with van der Waals surface area (Å²) in [6.07, 6.45) is 1.10. The van der Waals surface area contributed by atoms with Gasteiger partial charge in [0.2, 0.25) is 0 Å². The van der Waals surface area contributed by atoms with Crippen LogP contribution in [0.1, 0.15) is 39.0 Å². The highest BCUT2D eigenvalue weighted by Crippen LogP contribution is 2.74. The van der Waals surface area contributed by atoms with Gasteiger partial charge in [0.15, 0.2) is 5.67 Å². The van der Waals surface area contributed by atoms with Gasteiger partial charge in [0.1, 0.15) is 6.61 Å². The molecule has 0 N–H and O–H groups in total. The molecule has 0 amide bonds. The van der Waals surface area contributed by atoms with Gasteiger partial charge in [0.25, 0.3) is 0 Å². The predicted molar refractivity (Wildman–Crippen MR) is 86.5 cm³/mol. The van der Waals surface area contributed by atoms with E-state index in [-0.39, 0.29) is 30.2 Å². The third kappa shape index (κ3) is 2.07. The van der Waals surface area contributed by atoms with E-state index in [1.54, 1.807) is 0 Å². The molecular weight excluding hydrogens is 349 g/mol. The number of methoxy groups -OCH3 is 1. The Morgan fingerprint density at radius 2 is 1.92 bits per heavy atom. The van der Waals surface area contributed by atoms with Crippen LogP contribution in [-0.2, 0) is 19.0 Å². The Labute approximate surface area is 151 Å². The Bertz CT molecular complexity index is 653. The quantitative estimate of drug-likeness (QED) is 0.549. The topological polar surface area (TPSA) is 44.8 Å². The zero-order valence-corrected chi connectivity index (χ0v) is 15.2. The Balaban J connectivity index is 1.64. The van der Waals surface area contributed by atoms with Crippen molar-refractivity contribution in [1.29, 1.82) is 0 Å². The van der Waals surface area contributed by atoms with Crippen LogP contribution < -0.4 is 0 Å². The van der Waals surface area contributed by atoms with Crippen molar-refractivity contribution < 1.29 is 32.2 Å². The van der Waals surface area contributed by atoms with Gasteiger partial charge in [-0.05, 0) is 44.1 Å². The summed E-state index contributed by atoms with van der Waals surface area (Å²) in [5, 5.41) is 0. The molecule has 4 fully saturated rings. The average molecular weight is 374 g/mol. The van der Waals surface area contributed by atoms with Crippen LogP contribution in [-0.4, -0.2) is 50.1 Å². The lowest BCUT2D eigenvalue weighted by molar-refractivity contribution is -0.256. The second-order valence-corrected chi connectivity index (χ2v) is 8.60.